The van der Waals surface area contributed by atoms with Crippen molar-refractivity contribution in [2.45, 2.75) is 33.3 Å². The Hall–Kier alpha value is -1.48. The third kappa shape index (κ3) is 3.77. The molecule has 1 N–H and O–H groups in total. The lowest BCUT2D eigenvalue weighted by Crippen LogP contribution is -2.21. The van der Waals surface area contributed by atoms with Crippen molar-refractivity contribution in [2.24, 2.45) is 0 Å². The molecule has 0 unspecified atom stereocenters. The van der Waals surface area contributed by atoms with Crippen LogP contribution in [0.4, 0.5) is 0 Å². The molecule has 1 rings (SSSR count). The van der Waals surface area contributed by atoms with Gasteiger partial charge >= 0.3 is 0 Å². The Morgan fingerprint density at radius 2 is 1.89 bits per heavy atom. The van der Waals surface area contributed by atoms with Gasteiger partial charge in [0.1, 0.15) is 5.75 Å². The average molecular weight is 249 g/mol. The highest BCUT2D eigenvalue weighted by molar-refractivity contribution is 5.31. The largest absolute Gasteiger partial charge is 0.442 e. The minimum atomic E-state index is -0.817. The van der Waals surface area contributed by atoms with E-state index in [4.69, 9.17) is 4.74 Å². The van der Waals surface area contributed by atoms with Gasteiger partial charge in [0, 0.05) is 13.6 Å². The zero-order chi connectivity index (χ0) is 13.8. The first-order chi connectivity index (χ1) is 8.38. The Morgan fingerprint density at radius 1 is 1.33 bits per heavy atom. The van der Waals surface area contributed by atoms with E-state index < -0.39 is 5.60 Å². The van der Waals surface area contributed by atoms with Gasteiger partial charge in [-0.15, -0.1) is 0 Å². The van der Waals surface area contributed by atoms with Gasteiger partial charge in [-0.2, -0.15) is 0 Å². The number of rotatable bonds is 5. The van der Waals surface area contributed by atoms with Crippen LogP contribution in [-0.2, 0) is 5.60 Å². The van der Waals surface area contributed by atoms with E-state index in [-0.39, 0.29) is 0 Å². The molecule has 0 aliphatic heterocycles. The molecule has 100 valence electrons. The van der Waals surface area contributed by atoms with Crippen LogP contribution in [0.1, 0.15) is 33.3 Å². The molecular weight excluding hydrogens is 226 g/mol. The van der Waals surface area contributed by atoms with Gasteiger partial charge in [-0.05, 0) is 51.5 Å². The number of ether oxygens (including phenoxy) is 1. The molecule has 0 aromatic heterocycles. The number of nitrogens with zero attached hydrogens (tertiary/aromatic N) is 1. The second-order valence-electron chi connectivity index (χ2n) is 4.83. The standard InChI is InChI=1S/C15H23NO2/c1-6-14(16(5)7-2)18-13-10-8-12(9-11-13)15(3,4)17/h6,8-11,17H,7H2,1-5H3. The molecule has 1 aromatic rings. The molecule has 0 heterocycles. The van der Waals surface area contributed by atoms with Gasteiger partial charge in [-0.3, -0.25) is 0 Å². The predicted octanol–water partition coefficient (Wildman–Crippen LogP) is 3.11. The Bertz CT molecular complexity index is 401. The van der Waals surface area contributed by atoms with Crippen molar-refractivity contribution in [1.29, 1.82) is 0 Å². The van der Waals surface area contributed by atoms with Crippen LogP contribution in [0.2, 0.25) is 0 Å². The molecular formula is C15H23NO2. The second kappa shape index (κ2) is 5.91. The van der Waals surface area contributed by atoms with Crippen molar-refractivity contribution < 1.29 is 9.84 Å². The molecule has 0 aliphatic carbocycles. The van der Waals surface area contributed by atoms with Gasteiger partial charge in [-0.25, -0.2) is 0 Å². The van der Waals surface area contributed by atoms with Crippen LogP contribution in [0.3, 0.4) is 0 Å². The average Bonchev–Trinajstić information content (AvgIpc) is 2.34. The van der Waals surface area contributed by atoms with E-state index in [2.05, 4.69) is 6.92 Å². The summed E-state index contributed by atoms with van der Waals surface area (Å²) in [4.78, 5) is 2.03. The number of hydrogen-bond acceptors (Lipinski definition) is 3. The normalized spacial score (nSPS) is 12.4. The van der Waals surface area contributed by atoms with Crippen molar-refractivity contribution in [2.75, 3.05) is 13.6 Å². The molecule has 3 nitrogen and oxygen atoms in total. The fourth-order valence-electron chi connectivity index (χ4n) is 1.56. The van der Waals surface area contributed by atoms with Crippen molar-refractivity contribution in [1.82, 2.24) is 4.90 Å². The molecule has 1 aromatic carbocycles. The molecule has 0 fully saturated rings. The van der Waals surface area contributed by atoms with E-state index in [1.165, 1.54) is 0 Å². The second-order valence-corrected chi connectivity index (χ2v) is 4.83. The van der Waals surface area contributed by atoms with E-state index in [0.29, 0.717) is 0 Å². The summed E-state index contributed by atoms with van der Waals surface area (Å²) in [5, 5.41) is 9.87. The van der Waals surface area contributed by atoms with E-state index in [9.17, 15) is 5.11 Å². The van der Waals surface area contributed by atoms with E-state index in [1.807, 2.05) is 49.2 Å². The lowest BCUT2D eigenvalue weighted by Gasteiger charge is -2.21. The summed E-state index contributed by atoms with van der Waals surface area (Å²) in [6.07, 6.45) is 1.94. The van der Waals surface area contributed by atoms with Crippen LogP contribution in [0.25, 0.3) is 0 Å². The lowest BCUT2D eigenvalue weighted by molar-refractivity contribution is 0.0785. The maximum Gasteiger partial charge on any atom is 0.191 e. The van der Waals surface area contributed by atoms with Crippen molar-refractivity contribution >= 4 is 0 Å². The van der Waals surface area contributed by atoms with E-state index >= 15 is 0 Å². The predicted molar refractivity (Wildman–Crippen MR) is 74.4 cm³/mol. The van der Waals surface area contributed by atoms with Crippen LogP contribution in [0.5, 0.6) is 5.75 Å². The molecule has 3 heteroatoms. The molecule has 0 amide bonds. The van der Waals surface area contributed by atoms with Crippen molar-refractivity contribution in [3.63, 3.8) is 0 Å². The molecule has 0 radical (unpaired) electrons. The molecule has 0 atom stereocenters. The Balaban J connectivity index is 2.81. The van der Waals surface area contributed by atoms with Crippen molar-refractivity contribution in [3.05, 3.63) is 41.8 Å². The molecule has 18 heavy (non-hydrogen) atoms. The minimum absolute atomic E-state index is 0.774. The minimum Gasteiger partial charge on any atom is -0.442 e. The summed E-state index contributed by atoms with van der Waals surface area (Å²) in [6.45, 7) is 8.45. The first-order valence-corrected chi connectivity index (χ1v) is 6.26. The number of benzene rings is 1. The summed E-state index contributed by atoms with van der Waals surface area (Å²) < 4.78 is 5.79. The van der Waals surface area contributed by atoms with Gasteiger partial charge in [-0.1, -0.05) is 12.1 Å². The van der Waals surface area contributed by atoms with E-state index in [1.54, 1.807) is 13.8 Å². The van der Waals surface area contributed by atoms with Gasteiger partial charge in [0.2, 0.25) is 0 Å². The zero-order valence-electron chi connectivity index (χ0n) is 11.9. The summed E-state index contributed by atoms with van der Waals surface area (Å²) >= 11 is 0. The fraction of sp³-hybridized carbons (Fsp3) is 0.467. The third-order valence-electron chi connectivity index (χ3n) is 2.88. The SMILES string of the molecule is CC=C(Oc1ccc(C(C)(C)O)cc1)N(C)CC. The monoisotopic (exact) mass is 249 g/mol. The quantitative estimate of drug-likeness (QED) is 0.814. The molecule has 0 aliphatic rings. The highest BCUT2D eigenvalue weighted by atomic mass is 16.5. The van der Waals surface area contributed by atoms with Crippen molar-refractivity contribution in [3.8, 4) is 5.75 Å². The summed E-state index contributed by atoms with van der Waals surface area (Å²) in [5.41, 5.74) is 0.0584. The number of hydrogen-bond donors (Lipinski definition) is 1. The van der Waals surface area contributed by atoms with Crippen LogP contribution in [-0.4, -0.2) is 23.6 Å². The summed E-state index contributed by atoms with van der Waals surface area (Å²) in [5.74, 6) is 1.60. The fourth-order valence-corrected chi connectivity index (χ4v) is 1.56. The van der Waals surface area contributed by atoms with Gasteiger partial charge in [0.25, 0.3) is 0 Å². The number of allylic oxidation sites excluding steroid dienone is 1. The molecule has 0 bridgehead atoms. The zero-order valence-corrected chi connectivity index (χ0v) is 11.9. The molecule has 0 saturated heterocycles. The topological polar surface area (TPSA) is 32.7 Å². The Kier molecular flexibility index (Phi) is 4.79. The maximum atomic E-state index is 9.87. The molecule has 0 spiro atoms. The van der Waals surface area contributed by atoms with Crippen LogP contribution in [0.15, 0.2) is 36.2 Å². The summed E-state index contributed by atoms with van der Waals surface area (Å²) in [6, 6.07) is 7.52. The smallest absolute Gasteiger partial charge is 0.191 e. The first-order valence-electron chi connectivity index (χ1n) is 6.26. The van der Waals surface area contributed by atoms with E-state index in [0.717, 1.165) is 23.7 Å². The van der Waals surface area contributed by atoms with Gasteiger partial charge < -0.3 is 14.7 Å². The maximum absolute atomic E-state index is 9.87. The third-order valence-corrected chi connectivity index (χ3v) is 2.88. The van der Waals surface area contributed by atoms with Gasteiger partial charge in [0.05, 0.1) is 5.60 Å². The number of aliphatic hydroxyl groups is 1. The first kappa shape index (κ1) is 14.6. The van der Waals surface area contributed by atoms with Crippen LogP contribution < -0.4 is 4.74 Å². The van der Waals surface area contributed by atoms with Crippen LogP contribution >= 0.6 is 0 Å². The Morgan fingerprint density at radius 3 is 2.28 bits per heavy atom. The molecule has 0 saturated carbocycles. The summed E-state index contributed by atoms with van der Waals surface area (Å²) in [7, 11) is 1.99. The highest BCUT2D eigenvalue weighted by Gasteiger charge is 2.15. The Labute approximate surface area is 110 Å². The van der Waals surface area contributed by atoms with Crippen LogP contribution in [0, 0.1) is 0 Å². The lowest BCUT2D eigenvalue weighted by atomic mass is 9.99. The highest BCUT2D eigenvalue weighted by Crippen LogP contribution is 2.23. The van der Waals surface area contributed by atoms with Gasteiger partial charge in [0.15, 0.2) is 5.88 Å².